The van der Waals surface area contributed by atoms with Gasteiger partial charge in [-0.3, -0.25) is 4.79 Å². The van der Waals surface area contributed by atoms with E-state index in [-0.39, 0.29) is 5.91 Å². The van der Waals surface area contributed by atoms with Gasteiger partial charge in [-0.2, -0.15) is 0 Å². The summed E-state index contributed by atoms with van der Waals surface area (Å²) < 4.78 is 0. The van der Waals surface area contributed by atoms with Crippen LogP contribution in [0.15, 0.2) is 53.2 Å². The number of carbonyl (C=O) groups is 2. The molecule has 0 saturated carbocycles. The lowest BCUT2D eigenvalue weighted by atomic mass is 10.0. The lowest BCUT2D eigenvalue weighted by Crippen LogP contribution is -2.47. The van der Waals surface area contributed by atoms with Crippen LogP contribution in [0.25, 0.3) is 6.08 Å². The van der Waals surface area contributed by atoms with Crippen LogP contribution in [-0.4, -0.2) is 48.7 Å². The van der Waals surface area contributed by atoms with Crippen molar-refractivity contribution in [2.75, 3.05) is 31.1 Å². The molecule has 1 aromatic heterocycles. The van der Waals surface area contributed by atoms with Crippen LogP contribution in [0.1, 0.15) is 17.4 Å². The number of nitrogens with zero attached hydrogens (tertiary/aromatic N) is 3. The van der Waals surface area contributed by atoms with Crippen LogP contribution in [0.5, 0.6) is 0 Å². The largest absolute Gasteiger partial charge is 0.368 e. The molecule has 1 fully saturated rings. The minimum Gasteiger partial charge on any atom is -0.360 e. The Morgan fingerprint density at radius 1 is 1.11 bits per heavy atom. The normalized spacial score (nSPS) is 18.6. The number of hydrogen-bond donors (Lipinski definition) is 0. The van der Waals surface area contributed by atoms with Crippen molar-refractivity contribution in [3.05, 3.63) is 58.5 Å². The summed E-state index contributed by atoms with van der Waals surface area (Å²) in [7, 11) is 0. The zero-order valence-electron chi connectivity index (χ0n) is 14.9. The lowest BCUT2D eigenvalue weighted by molar-refractivity contribution is -0.136. The van der Waals surface area contributed by atoms with Gasteiger partial charge in [0.25, 0.3) is 0 Å². The highest BCUT2D eigenvalue weighted by Crippen LogP contribution is 2.30. The third-order valence-corrected chi connectivity index (χ3v) is 5.77. The predicted octanol–water partition coefficient (Wildman–Crippen LogP) is 2.76. The highest BCUT2D eigenvalue weighted by Gasteiger charge is 2.27. The van der Waals surface area contributed by atoms with Gasteiger partial charge in [-0.1, -0.05) is 35.5 Å². The Balaban J connectivity index is 1.52. The van der Waals surface area contributed by atoms with Gasteiger partial charge in [0.05, 0.1) is 10.6 Å². The SMILES string of the molecule is CC(=O)N1CCN(c2ccc(C=C3C(=O)ON=C3c3ccccc3)s2)CC1. The molecule has 0 radical (unpaired) electrons. The van der Waals surface area contributed by atoms with Gasteiger partial charge in [0.1, 0.15) is 5.71 Å². The van der Waals surface area contributed by atoms with Crippen molar-refractivity contribution < 1.29 is 14.4 Å². The number of piperazine rings is 1. The second-order valence-electron chi connectivity index (χ2n) is 6.41. The van der Waals surface area contributed by atoms with E-state index in [0.717, 1.165) is 41.6 Å². The van der Waals surface area contributed by atoms with Crippen molar-refractivity contribution >= 4 is 40.0 Å². The van der Waals surface area contributed by atoms with Crippen LogP contribution in [0.3, 0.4) is 0 Å². The molecule has 0 N–H and O–H groups in total. The van der Waals surface area contributed by atoms with E-state index < -0.39 is 5.97 Å². The fourth-order valence-corrected chi connectivity index (χ4v) is 4.19. The summed E-state index contributed by atoms with van der Waals surface area (Å²) in [5, 5.41) is 5.08. The number of carbonyl (C=O) groups excluding carboxylic acids is 2. The van der Waals surface area contributed by atoms with Crippen LogP contribution in [0, 0.1) is 0 Å². The summed E-state index contributed by atoms with van der Waals surface area (Å²) in [4.78, 5) is 33.6. The van der Waals surface area contributed by atoms with Gasteiger partial charge in [0, 0.05) is 43.5 Å². The van der Waals surface area contributed by atoms with E-state index in [9.17, 15) is 9.59 Å². The number of thiophene rings is 1. The first kappa shape index (κ1) is 17.5. The predicted molar refractivity (Wildman–Crippen MR) is 106 cm³/mol. The monoisotopic (exact) mass is 381 g/mol. The van der Waals surface area contributed by atoms with Crippen LogP contribution in [-0.2, 0) is 14.4 Å². The molecule has 7 heteroatoms. The molecule has 4 rings (SSSR count). The van der Waals surface area contributed by atoms with Crippen molar-refractivity contribution in [1.82, 2.24) is 4.90 Å². The second-order valence-corrected chi connectivity index (χ2v) is 7.51. The van der Waals surface area contributed by atoms with Crippen LogP contribution in [0.4, 0.5) is 5.00 Å². The van der Waals surface area contributed by atoms with Gasteiger partial charge in [0.15, 0.2) is 0 Å². The van der Waals surface area contributed by atoms with Gasteiger partial charge in [-0.25, -0.2) is 4.79 Å². The van der Waals surface area contributed by atoms with Crippen LogP contribution >= 0.6 is 11.3 Å². The number of oxime groups is 1. The summed E-state index contributed by atoms with van der Waals surface area (Å²) in [6.45, 7) is 4.71. The minimum absolute atomic E-state index is 0.124. The molecule has 2 aliphatic rings. The Labute approximate surface area is 161 Å². The van der Waals surface area contributed by atoms with Gasteiger partial charge < -0.3 is 14.6 Å². The smallest absolute Gasteiger partial charge is 0.360 e. The fourth-order valence-electron chi connectivity index (χ4n) is 3.19. The molecular formula is C20H19N3O3S. The third kappa shape index (κ3) is 3.64. The average Bonchev–Trinajstić information content (AvgIpc) is 3.30. The van der Waals surface area contributed by atoms with Gasteiger partial charge in [-0.15, -0.1) is 11.3 Å². The molecule has 2 aliphatic heterocycles. The Hall–Kier alpha value is -2.93. The van der Waals surface area contributed by atoms with Crippen molar-refractivity contribution in [2.45, 2.75) is 6.92 Å². The van der Waals surface area contributed by atoms with Crippen molar-refractivity contribution in [1.29, 1.82) is 0 Å². The number of benzene rings is 1. The zero-order chi connectivity index (χ0) is 18.8. The number of rotatable bonds is 3. The Morgan fingerprint density at radius 2 is 1.85 bits per heavy atom. The Kier molecular flexibility index (Phi) is 4.77. The maximum atomic E-state index is 12.1. The summed E-state index contributed by atoms with van der Waals surface area (Å²) >= 11 is 1.62. The van der Waals surface area contributed by atoms with Gasteiger partial charge in [0.2, 0.25) is 5.91 Å². The molecule has 1 saturated heterocycles. The van der Waals surface area contributed by atoms with E-state index in [1.807, 2.05) is 47.4 Å². The van der Waals surface area contributed by atoms with Crippen LogP contribution < -0.4 is 4.90 Å². The maximum absolute atomic E-state index is 12.1. The quantitative estimate of drug-likeness (QED) is 0.606. The second kappa shape index (κ2) is 7.36. The Morgan fingerprint density at radius 3 is 2.56 bits per heavy atom. The molecule has 0 spiro atoms. The molecule has 6 nitrogen and oxygen atoms in total. The summed E-state index contributed by atoms with van der Waals surface area (Å²) in [6.07, 6.45) is 1.83. The van der Waals surface area contributed by atoms with E-state index in [1.54, 1.807) is 18.3 Å². The van der Waals surface area contributed by atoms with Crippen molar-refractivity contribution in [2.24, 2.45) is 5.16 Å². The Bertz CT molecular complexity index is 925. The standard InChI is InChI=1S/C20H19N3O3S/c1-14(24)22-9-11-23(12-10-22)18-8-7-16(27-18)13-17-19(21-26-20(17)25)15-5-3-2-4-6-15/h2-8,13H,9-12H2,1H3. The average molecular weight is 381 g/mol. The molecule has 0 bridgehead atoms. The number of amides is 1. The summed E-state index contributed by atoms with van der Waals surface area (Å²) in [5.74, 6) is -0.308. The van der Waals surface area contributed by atoms with E-state index in [4.69, 9.17) is 4.84 Å². The number of hydrogen-bond acceptors (Lipinski definition) is 6. The van der Waals surface area contributed by atoms with Gasteiger partial charge >= 0.3 is 5.97 Å². The van der Waals surface area contributed by atoms with Crippen molar-refractivity contribution in [3.63, 3.8) is 0 Å². The highest BCUT2D eigenvalue weighted by molar-refractivity contribution is 7.17. The maximum Gasteiger partial charge on any atom is 0.368 e. The van der Waals surface area contributed by atoms with E-state index in [1.165, 1.54) is 0 Å². The molecule has 0 aliphatic carbocycles. The molecule has 27 heavy (non-hydrogen) atoms. The summed E-state index contributed by atoms with van der Waals surface area (Å²) in [6, 6.07) is 13.6. The molecule has 1 aromatic carbocycles. The third-order valence-electron chi connectivity index (χ3n) is 4.68. The molecular weight excluding hydrogens is 362 g/mol. The van der Waals surface area contributed by atoms with E-state index in [0.29, 0.717) is 11.3 Å². The highest BCUT2D eigenvalue weighted by atomic mass is 32.1. The fraction of sp³-hybridized carbons (Fsp3) is 0.250. The number of anilines is 1. The first-order chi connectivity index (χ1) is 13.1. The molecule has 138 valence electrons. The molecule has 1 amide bonds. The van der Waals surface area contributed by atoms with Crippen molar-refractivity contribution in [3.8, 4) is 0 Å². The van der Waals surface area contributed by atoms with E-state index >= 15 is 0 Å². The van der Waals surface area contributed by atoms with Gasteiger partial charge in [-0.05, 0) is 18.2 Å². The summed E-state index contributed by atoms with van der Waals surface area (Å²) in [5.41, 5.74) is 1.88. The molecule has 0 unspecified atom stereocenters. The van der Waals surface area contributed by atoms with E-state index in [2.05, 4.69) is 16.1 Å². The minimum atomic E-state index is -0.432. The topological polar surface area (TPSA) is 62.2 Å². The first-order valence-corrected chi connectivity index (χ1v) is 9.60. The molecule has 3 heterocycles. The first-order valence-electron chi connectivity index (χ1n) is 8.79. The van der Waals surface area contributed by atoms with Crippen LogP contribution in [0.2, 0.25) is 0 Å². The zero-order valence-corrected chi connectivity index (χ0v) is 15.7. The molecule has 2 aromatic rings. The molecule has 0 atom stereocenters. The lowest BCUT2D eigenvalue weighted by Gasteiger charge is -2.34.